The van der Waals surface area contributed by atoms with Crippen LogP contribution in [-0.4, -0.2) is 47.6 Å². The van der Waals surface area contributed by atoms with Gasteiger partial charge in [-0.2, -0.15) is 0 Å². The van der Waals surface area contributed by atoms with Crippen molar-refractivity contribution in [2.24, 2.45) is 5.73 Å². The van der Waals surface area contributed by atoms with Gasteiger partial charge in [0, 0.05) is 31.7 Å². The molecule has 1 heterocycles. The molecule has 6 heteroatoms. The topological polar surface area (TPSA) is 70.4 Å². The van der Waals surface area contributed by atoms with Crippen molar-refractivity contribution in [1.29, 1.82) is 0 Å². The first kappa shape index (κ1) is 13.5. The van der Waals surface area contributed by atoms with Crippen LogP contribution in [0.1, 0.15) is 32.1 Å². The van der Waals surface area contributed by atoms with E-state index in [-0.39, 0.29) is 12.1 Å². The number of carbonyl (C=O) groups excluding carboxylic acids is 1. The molecule has 0 radical (unpaired) electrons. The summed E-state index contributed by atoms with van der Waals surface area (Å²) in [6, 6.07) is 0.680. The zero-order valence-electron chi connectivity index (χ0n) is 10.7. The molecule has 2 fully saturated rings. The van der Waals surface area contributed by atoms with Gasteiger partial charge in [0.05, 0.1) is 4.99 Å². The molecule has 1 aliphatic carbocycles. The Morgan fingerprint density at radius 3 is 2.17 bits per heavy atom. The molecule has 0 aromatic carbocycles. The number of nitrogens with two attached hydrogens (primary N) is 1. The average molecular weight is 270 g/mol. The van der Waals surface area contributed by atoms with E-state index >= 15 is 0 Å². The first-order valence-electron chi connectivity index (χ1n) is 6.71. The standard InChI is InChI=1S/C12H22N4OS/c13-11(18)8-16-6-4-10(5-7-16)15-12(17)14-9-2-1-3-9/h9-10H,1-8H2,(H2,13,18)(H2,14,15,17). The van der Waals surface area contributed by atoms with Crippen molar-refractivity contribution in [3.8, 4) is 0 Å². The summed E-state index contributed by atoms with van der Waals surface area (Å²) in [5.41, 5.74) is 5.53. The number of hydrogen-bond acceptors (Lipinski definition) is 3. The molecular weight excluding hydrogens is 248 g/mol. The highest BCUT2D eigenvalue weighted by Crippen LogP contribution is 2.18. The molecule has 2 aliphatic rings. The number of likely N-dealkylation sites (tertiary alicyclic amines) is 1. The van der Waals surface area contributed by atoms with Crippen molar-refractivity contribution >= 4 is 23.2 Å². The summed E-state index contributed by atoms with van der Waals surface area (Å²) in [4.78, 5) is 14.5. The second kappa shape index (κ2) is 6.33. The predicted octanol–water partition coefficient (Wildman–Crippen LogP) is 0.589. The number of thiocarbonyl (C=S) groups is 1. The third-order valence-corrected chi connectivity index (χ3v) is 3.87. The van der Waals surface area contributed by atoms with Gasteiger partial charge >= 0.3 is 6.03 Å². The van der Waals surface area contributed by atoms with E-state index in [1.807, 2.05) is 0 Å². The third-order valence-electron chi connectivity index (χ3n) is 3.74. The lowest BCUT2D eigenvalue weighted by molar-refractivity contribution is 0.201. The number of nitrogens with zero attached hydrogens (tertiary/aromatic N) is 1. The normalized spacial score (nSPS) is 22.2. The molecule has 0 aromatic rings. The van der Waals surface area contributed by atoms with Gasteiger partial charge in [0.25, 0.3) is 0 Å². The highest BCUT2D eigenvalue weighted by atomic mass is 32.1. The van der Waals surface area contributed by atoms with Crippen LogP contribution in [0.5, 0.6) is 0 Å². The molecular formula is C12H22N4OS. The van der Waals surface area contributed by atoms with Crippen LogP contribution < -0.4 is 16.4 Å². The second-order valence-electron chi connectivity index (χ2n) is 5.26. The summed E-state index contributed by atoms with van der Waals surface area (Å²) >= 11 is 4.90. The van der Waals surface area contributed by atoms with Gasteiger partial charge in [0.2, 0.25) is 0 Å². The summed E-state index contributed by atoms with van der Waals surface area (Å²) in [6.45, 7) is 2.59. The zero-order chi connectivity index (χ0) is 13.0. The lowest BCUT2D eigenvalue weighted by Crippen LogP contribution is -2.51. The van der Waals surface area contributed by atoms with Crippen molar-refractivity contribution in [3.05, 3.63) is 0 Å². The van der Waals surface area contributed by atoms with E-state index < -0.39 is 0 Å². The Morgan fingerprint density at radius 1 is 1.17 bits per heavy atom. The fraction of sp³-hybridized carbons (Fsp3) is 0.833. The first-order chi connectivity index (χ1) is 8.63. The summed E-state index contributed by atoms with van der Waals surface area (Å²) in [5.74, 6) is 0. The first-order valence-corrected chi connectivity index (χ1v) is 7.12. The molecule has 1 saturated heterocycles. The zero-order valence-corrected chi connectivity index (χ0v) is 11.5. The van der Waals surface area contributed by atoms with Crippen molar-refractivity contribution in [3.63, 3.8) is 0 Å². The number of amides is 2. The molecule has 0 unspecified atom stereocenters. The summed E-state index contributed by atoms with van der Waals surface area (Å²) in [7, 11) is 0. The Labute approximate surface area is 113 Å². The maximum atomic E-state index is 11.7. The quantitative estimate of drug-likeness (QED) is 0.654. The van der Waals surface area contributed by atoms with Gasteiger partial charge in [-0.25, -0.2) is 4.79 Å². The number of carbonyl (C=O) groups is 1. The lowest BCUT2D eigenvalue weighted by atomic mass is 9.93. The molecule has 5 nitrogen and oxygen atoms in total. The van der Waals surface area contributed by atoms with E-state index in [9.17, 15) is 4.79 Å². The average Bonchev–Trinajstić information content (AvgIpc) is 2.26. The molecule has 2 amide bonds. The van der Waals surface area contributed by atoms with Crippen molar-refractivity contribution in [2.75, 3.05) is 19.6 Å². The van der Waals surface area contributed by atoms with Crippen LogP contribution in [-0.2, 0) is 0 Å². The maximum absolute atomic E-state index is 11.7. The van der Waals surface area contributed by atoms with Crippen LogP contribution in [0.15, 0.2) is 0 Å². The van der Waals surface area contributed by atoms with Gasteiger partial charge in [0.15, 0.2) is 0 Å². The van der Waals surface area contributed by atoms with Gasteiger partial charge in [-0.1, -0.05) is 12.2 Å². The van der Waals surface area contributed by atoms with E-state index in [0.29, 0.717) is 17.6 Å². The SMILES string of the molecule is NC(=S)CN1CCC(NC(=O)NC2CCC2)CC1. The van der Waals surface area contributed by atoms with E-state index in [4.69, 9.17) is 18.0 Å². The van der Waals surface area contributed by atoms with Crippen LogP contribution in [0.4, 0.5) is 4.79 Å². The second-order valence-corrected chi connectivity index (χ2v) is 5.79. The van der Waals surface area contributed by atoms with E-state index in [2.05, 4.69) is 15.5 Å². The van der Waals surface area contributed by atoms with Gasteiger partial charge in [-0.15, -0.1) is 0 Å². The van der Waals surface area contributed by atoms with Gasteiger partial charge in [0.1, 0.15) is 0 Å². The number of piperidine rings is 1. The molecule has 0 spiro atoms. The minimum absolute atomic E-state index is 0.00695. The maximum Gasteiger partial charge on any atom is 0.315 e. The third kappa shape index (κ3) is 4.10. The molecule has 1 saturated carbocycles. The van der Waals surface area contributed by atoms with Crippen LogP contribution in [0.3, 0.4) is 0 Å². The van der Waals surface area contributed by atoms with Gasteiger partial charge in [-0.05, 0) is 32.1 Å². The summed E-state index contributed by atoms with van der Waals surface area (Å²) < 4.78 is 0. The molecule has 0 atom stereocenters. The molecule has 4 N–H and O–H groups in total. The number of nitrogens with one attached hydrogen (secondary N) is 2. The highest BCUT2D eigenvalue weighted by molar-refractivity contribution is 7.80. The van der Waals surface area contributed by atoms with E-state index in [1.165, 1.54) is 6.42 Å². The van der Waals surface area contributed by atoms with Crippen LogP contribution >= 0.6 is 12.2 Å². The number of hydrogen-bond donors (Lipinski definition) is 3. The monoisotopic (exact) mass is 270 g/mol. The molecule has 0 bridgehead atoms. The molecule has 1 aliphatic heterocycles. The largest absolute Gasteiger partial charge is 0.392 e. The Kier molecular flexibility index (Phi) is 4.77. The minimum atomic E-state index is -0.00695. The van der Waals surface area contributed by atoms with Crippen molar-refractivity contribution < 1.29 is 4.79 Å². The smallest absolute Gasteiger partial charge is 0.315 e. The molecule has 0 aromatic heterocycles. The van der Waals surface area contributed by atoms with Crippen LogP contribution in [0.2, 0.25) is 0 Å². The van der Waals surface area contributed by atoms with Gasteiger partial charge < -0.3 is 16.4 Å². The number of urea groups is 1. The van der Waals surface area contributed by atoms with E-state index in [1.54, 1.807) is 0 Å². The minimum Gasteiger partial charge on any atom is -0.392 e. The lowest BCUT2D eigenvalue weighted by Gasteiger charge is -2.33. The van der Waals surface area contributed by atoms with E-state index in [0.717, 1.165) is 38.8 Å². The summed E-state index contributed by atoms with van der Waals surface area (Å²) in [6.07, 6.45) is 5.43. The Morgan fingerprint density at radius 2 is 1.72 bits per heavy atom. The fourth-order valence-corrected chi connectivity index (χ4v) is 2.60. The predicted molar refractivity (Wildman–Crippen MR) is 75.6 cm³/mol. The molecule has 102 valence electrons. The Balaban J connectivity index is 1.63. The molecule has 18 heavy (non-hydrogen) atoms. The highest BCUT2D eigenvalue weighted by Gasteiger charge is 2.23. The van der Waals surface area contributed by atoms with Crippen LogP contribution in [0.25, 0.3) is 0 Å². The molecule has 2 rings (SSSR count). The Bertz CT molecular complexity index is 311. The van der Waals surface area contributed by atoms with Crippen LogP contribution in [0, 0.1) is 0 Å². The summed E-state index contributed by atoms with van der Waals surface area (Å²) in [5, 5.41) is 6.05. The number of rotatable bonds is 4. The van der Waals surface area contributed by atoms with Crippen molar-refractivity contribution in [2.45, 2.75) is 44.2 Å². The van der Waals surface area contributed by atoms with Gasteiger partial charge in [-0.3, -0.25) is 4.90 Å². The fourth-order valence-electron chi connectivity index (χ4n) is 2.42. The Hall–Kier alpha value is -0.880. The van der Waals surface area contributed by atoms with Crippen molar-refractivity contribution in [1.82, 2.24) is 15.5 Å².